The number of carbonyl (C=O) groups excluding carboxylic acids is 1. The lowest BCUT2D eigenvalue weighted by molar-refractivity contribution is 0.0514. The normalized spacial score (nSPS) is 10.8. The van der Waals surface area contributed by atoms with Crippen LogP contribution in [0.5, 0.6) is 0 Å². The molecule has 0 spiro atoms. The topological polar surface area (TPSA) is 52.3 Å². The number of hydrogen-bond donors (Lipinski definition) is 0. The van der Waals surface area contributed by atoms with Crippen LogP contribution >= 0.6 is 0 Å². The lowest BCUT2D eigenvalue weighted by Gasteiger charge is -1.94. The largest absolute Gasteiger partial charge is 0.461 e. The molecule has 0 aliphatic rings. The summed E-state index contributed by atoms with van der Waals surface area (Å²) < 4.78 is 9.88. The van der Waals surface area contributed by atoms with Crippen molar-refractivity contribution in [3.8, 4) is 0 Å². The smallest absolute Gasteiger partial charge is 0.360 e. The summed E-state index contributed by atoms with van der Waals surface area (Å²) in [7, 11) is 0. The van der Waals surface area contributed by atoms with Crippen molar-refractivity contribution in [3.05, 3.63) is 52.9 Å². The minimum absolute atomic E-state index is 0.186. The van der Waals surface area contributed by atoms with Crippen LogP contribution in [0.1, 0.15) is 34.3 Å². The Morgan fingerprint density at radius 2 is 2.21 bits per heavy atom. The highest BCUT2D eigenvalue weighted by atomic mass is 16.5. The zero-order chi connectivity index (χ0) is 13.7. The first-order chi connectivity index (χ1) is 9.19. The highest BCUT2D eigenvalue weighted by Gasteiger charge is 2.11. The van der Waals surface area contributed by atoms with Crippen LogP contribution in [-0.2, 0) is 4.74 Å². The van der Waals surface area contributed by atoms with Crippen molar-refractivity contribution < 1.29 is 14.1 Å². The Bertz CT molecular complexity index is 599. The molecule has 98 valence electrons. The number of ether oxygens (including phenoxy) is 1. The molecule has 0 amide bonds. The van der Waals surface area contributed by atoms with Crippen molar-refractivity contribution >= 4 is 18.1 Å². The zero-order valence-electron chi connectivity index (χ0n) is 10.9. The molecule has 0 atom stereocenters. The van der Waals surface area contributed by atoms with E-state index in [0.29, 0.717) is 12.4 Å². The van der Waals surface area contributed by atoms with E-state index in [-0.39, 0.29) is 5.69 Å². The number of nitrogens with zero attached hydrogens (tertiary/aromatic N) is 1. The predicted molar refractivity (Wildman–Crippen MR) is 72.6 cm³/mol. The molecule has 1 aromatic carbocycles. The van der Waals surface area contributed by atoms with E-state index in [1.165, 1.54) is 5.56 Å². The van der Waals surface area contributed by atoms with Crippen LogP contribution < -0.4 is 0 Å². The van der Waals surface area contributed by atoms with Gasteiger partial charge >= 0.3 is 5.97 Å². The van der Waals surface area contributed by atoms with Gasteiger partial charge in [-0.25, -0.2) is 4.79 Å². The fourth-order valence-corrected chi connectivity index (χ4v) is 1.62. The van der Waals surface area contributed by atoms with E-state index in [1.54, 1.807) is 19.1 Å². The number of hydrogen-bond acceptors (Lipinski definition) is 4. The van der Waals surface area contributed by atoms with E-state index >= 15 is 0 Å². The standard InChI is InChI=1S/C15H15NO3/c1-3-18-15(17)14-10-13(19-16-14)8-7-12-6-4-5-11(2)9-12/h4-10H,3H2,1-2H3/b8-7+. The van der Waals surface area contributed by atoms with Crippen LogP contribution in [0.4, 0.5) is 0 Å². The van der Waals surface area contributed by atoms with Crippen molar-refractivity contribution in [1.29, 1.82) is 0 Å². The minimum Gasteiger partial charge on any atom is -0.461 e. The first-order valence-corrected chi connectivity index (χ1v) is 6.07. The predicted octanol–water partition coefficient (Wildman–Crippen LogP) is 3.33. The quantitative estimate of drug-likeness (QED) is 0.788. The van der Waals surface area contributed by atoms with Gasteiger partial charge in [-0.05, 0) is 25.5 Å². The van der Waals surface area contributed by atoms with Gasteiger partial charge in [0.25, 0.3) is 0 Å². The molecule has 0 saturated carbocycles. The van der Waals surface area contributed by atoms with Gasteiger partial charge in [-0.15, -0.1) is 0 Å². The Hall–Kier alpha value is -2.36. The number of esters is 1. The van der Waals surface area contributed by atoms with Crippen LogP contribution in [0.15, 0.2) is 34.9 Å². The Morgan fingerprint density at radius 3 is 2.95 bits per heavy atom. The van der Waals surface area contributed by atoms with E-state index in [1.807, 2.05) is 31.2 Å². The molecule has 0 unspecified atom stereocenters. The summed E-state index contributed by atoms with van der Waals surface area (Å²) in [6.45, 7) is 4.10. The molecule has 0 N–H and O–H groups in total. The van der Waals surface area contributed by atoms with Gasteiger partial charge < -0.3 is 9.26 Å². The second-order valence-corrected chi connectivity index (χ2v) is 4.08. The third kappa shape index (κ3) is 3.55. The number of aryl methyl sites for hydroxylation is 1. The Labute approximate surface area is 111 Å². The molecule has 4 nitrogen and oxygen atoms in total. The van der Waals surface area contributed by atoms with Gasteiger partial charge in [-0.2, -0.15) is 0 Å². The van der Waals surface area contributed by atoms with Gasteiger partial charge in [-0.1, -0.05) is 41.1 Å². The maximum absolute atomic E-state index is 11.4. The molecule has 0 bridgehead atoms. The van der Waals surface area contributed by atoms with Gasteiger partial charge in [0.2, 0.25) is 0 Å². The van der Waals surface area contributed by atoms with Crippen molar-refractivity contribution in [2.75, 3.05) is 6.61 Å². The van der Waals surface area contributed by atoms with Crippen LogP contribution in [-0.4, -0.2) is 17.7 Å². The highest BCUT2D eigenvalue weighted by molar-refractivity contribution is 5.87. The summed E-state index contributed by atoms with van der Waals surface area (Å²) in [5.74, 6) is 0.0472. The highest BCUT2D eigenvalue weighted by Crippen LogP contribution is 2.11. The third-order valence-electron chi connectivity index (χ3n) is 2.50. The number of benzene rings is 1. The second-order valence-electron chi connectivity index (χ2n) is 4.08. The van der Waals surface area contributed by atoms with E-state index in [2.05, 4.69) is 11.2 Å². The van der Waals surface area contributed by atoms with Crippen molar-refractivity contribution in [2.45, 2.75) is 13.8 Å². The Morgan fingerprint density at radius 1 is 1.37 bits per heavy atom. The van der Waals surface area contributed by atoms with E-state index in [9.17, 15) is 4.79 Å². The molecule has 0 aliphatic carbocycles. The lowest BCUT2D eigenvalue weighted by atomic mass is 10.1. The average molecular weight is 257 g/mol. The van der Waals surface area contributed by atoms with Crippen LogP contribution in [0.25, 0.3) is 12.2 Å². The van der Waals surface area contributed by atoms with Gasteiger partial charge in [0, 0.05) is 6.07 Å². The SMILES string of the molecule is CCOC(=O)c1cc(/C=C/c2cccc(C)c2)on1. The third-order valence-corrected chi connectivity index (χ3v) is 2.50. The Kier molecular flexibility index (Phi) is 4.13. The maximum Gasteiger partial charge on any atom is 0.360 e. The molecule has 4 heteroatoms. The number of rotatable bonds is 4. The molecule has 0 fully saturated rings. The van der Waals surface area contributed by atoms with Crippen molar-refractivity contribution in [1.82, 2.24) is 5.16 Å². The van der Waals surface area contributed by atoms with Crippen LogP contribution in [0.2, 0.25) is 0 Å². The molecule has 0 aliphatic heterocycles. The lowest BCUT2D eigenvalue weighted by Crippen LogP contribution is -2.04. The summed E-state index contributed by atoms with van der Waals surface area (Å²) in [6, 6.07) is 9.62. The molecule has 19 heavy (non-hydrogen) atoms. The molecule has 0 saturated heterocycles. The number of carbonyl (C=O) groups is 1. The van der Waals surface area contributed by atoms with E-state index in [0.717, 1.165) is 5.56 Å². The summed E-state index contributed by atoms with van der Waals surface area (Å²) >= 11 is 0. The van der Waals surface area contributed by atoms with Crippen LogP contribution in [0, 0.1) is 6.92 Å². The summed E-state index contributed by atoms with van der Waals surface area (Å²) in [5, 5.41) is 3.66. The fourth-order valence-electron chi connectivity index (χ4n) is 1.62. The molecule has 1 heterocycles. The molecule has 0 radical (unpaired) electrons. The monoisotopic (exact) mass is 257 g/mol. The van der Waals surface area contributed by atoms with Crippen molar-refractivity contribution in [2.24, 2.45) is 0 Å². The van der Waals surface area contributed by atoms with Gasteiger partial charge in [0.15, 0.2) is 11.5 Å². The fraction of sp³-hybridized carbons (Fsp3) is 0.200. The maximum atomic E-state index is 11.4. The summed E-state index contributed by atoms with van der Waals surface area (Å²) in [6.07, 6.45) is 3.67. The molecule has 2 aromatic rings. The van der Waals surface area contributed by atoms with E-state index in [4.69, 9.17) is 9.26 Å². The van der Waals surface area contributed by atoms with Gasteiger partial charge in [-0.3, -0.25) is 0 Å². The van der Waals surface area contributed by atoms with Crippen molar-refractivity contribution in [3.63, 3.8) is 0 Å². The first-order valence-electron chi connectivity index (χ1n) is 6.07. The van der Waals surface area contributed by atoms with Crippen LogP contribution in [0.3, 0.4) is 0 Å². The minimum atomic E-state index is -0.471. The Balaban J connectivity index is 2.09. The van der Waals surface area contributed by atoms with Gasteiger partial charge in [0.05, 0.1) is 6.61 Å². The number of aromatic nitrogens is 1. The molecular weight excluding hydrogens is 242 g/mol. The summed E-state index contributed by atoms with van der Waals surface area (Å²) in [5.41, 5.74) is 2.44. The first kappa shape index (κ1) is 13.1. The molecule has 1 aromatic heterocycles. The second kappa shape index (κ2) is 6.00. The summed E-state index contributed by atoms with van der Waals surface area (Å²) in [4.78, 5) is 11.4. The average Bonchev–Trinajstić information content (AvgIpc) is 2.86. The molecule has 2 rings (SSSR count). The van der Waals surface area contributed by atoms with E-state index < -0.39 is 5.97 Å². The molecular formula is C15H15NO3. The van der Waals surface area contributed by atoms with Gasteiger partial charge in [0.1, 0.15) is 0 Å². The zero-order valence-corrected chi connectivity index (χ0v) is 10.9.